The van der Waals surface area contributed by atoms with E-state index in [1.54, 1.807) is 12.1 Å². The summed E-state index contributed by atoms with van der Waals surface area (Å²) in [5.41, 5.74) is 0.854. The largest absolute Gasteiger partial charge is 0.477 e. The summed E-state index contributed by atoms with van der Waals surface area (Å²) in [6.45, 7) is 0. The Balaban J connectivity index is 2.41. The lowest BCUT2D eigenvalue weighted by molar-refractivity contribution is -0.384. The van der Waals surface area contributed by atoms with Gasteiger partial charge >= 0.3 is 5.97 Å². The van der Waals surface area contributed by atoms with Crippen molar-refractivity contribution in [2.75, 3.05) is 0 Å². The summed E-state index contributed by atoms with van der Waals surface area (Å²) in [6, 6.07) is 6.18. The minimum atomic E-state index is -0.986. The third kappa shape index (κ3) is 1.59. The zero-order valence-electron chi connectivity index (χ0n) is 9.78. The molecule has 3 rings (SSSR count). The number of hydrogen-bond acceptors (Lipinski definition) is 4. The molecule has 0 saturated carbocycles. The van der Waals surface area contributed by atoms with Crippen LogP contribution in [0.5, 0.6) is 0 Å². The van der Waals surface area contributed by atoms with E-state index in [1.165, 1.54) is 23.5 Å². The number of aryl methyl sites for hydroxylation is 1. The number of non-ortho nitro benzene ring substituents is 1. The van der Waals surface area contributed by atoms with Crippen molar-refractivity contribution in [3.05, 3.63) is 39.3 Å². The van der Waals surface area contributed by atoms with E-state index in [0.29, 0.717) is 5.39 Å². The normalized spacial score (nSPS) is 11.2. The predicted molar refractivity (Wildman–Crippen MR) is 71.9 cm³/mol. The summed E-state index contributed by atoms with van der Waals surface area (Å²) >= 11 is 1.17. The average Bonchev–Trinajstić information content (AvgIpc) is 2.90. The fourth-order valence-corrected chi connectivity index (χ4v) is 3.17. The Hall–Kier alpha value is -2.41. The second kappa shape index (κ2) is 3.79. The highest BCUT2D eigenvalue weighted by Gasteiger charge is 2.17. The highest BCUT2D eigenvalue weighted by atomic mass is 32.1. The van der Waals surface area contributed by atoms with Gasteiger partial charge < -0.3 is 9.67 Å². The summed E-state index contributed by atoms with van der Waals surface area (Å²) in [5.74, 6) is -0.986. The summed E-state index contributed by atoms with van der Waals surface area (Å²) < 4.78 is 1.85. The van der Waals surface area contributed by atoms with E-state index in [2.05, 4.69) is 0 Å². The molecule has 6 nitrogen and oxygen atoms in total. The molecule has 0 atom stereocenters. The van der Waals surface area contributed by atoms with Gasteiger partial charge in [0.15, 0.2) is 0 Å². The Morgan fingerprint density at radius 3 is 2.74 bits per heavy atom. The number of carboxylic acid groups (broad SMARTS) is 1. The number of rotatable bonds is 2. The molecule has 1 N–H and O–H groups in total. The standard InChI is InChI=1S/C12H8N2O4S/c1-13-9-3-2-6(14(17)18)4-7(9)8-5-10(12(15)16)19-11(8)13/h2-5H,1H3,(H,15,16). The third-order valence-electron chi connectivity index (χ3n) is 3.07. The number of benzene rings is 1. The fraction of sp³-hybridized carbons (Fsp3) is 0.0833. The molecule has 3 aromatic rings. The van der Waals surface area contributed by atoms with E-state index < -0.39 is 10.9 Å². The Bertz CT molecular complexity index is 846. The first kappa shape index (κ1) is 11.7. The van der Waals surface area contributed by atoms with Gasteiger partial charge in [0, 0.05) is 35.5 Å². The maximum absolute atomic E-state index is 11.0. The van der Waals surface area contributed by atoms with Crippen LogP contribution in [0.2, 0.25) is 0 Å². The molecule has 0 spiro atoms. The number of carboxylic acids is 1. The first-order valence-electron chi connectivity index (χ1n) is 5.38. The van der Waals surface area contributed by atoms with E-state index >= 15 is 0 Å². The molecular formula is C12H8N2O4S. The second-order valence-electron chi connectivity index (χ2n) is 4.15. The predicted octanol–water partition coefficient (Wildman–Crippen LogP) is 3.00. The Morgan fingerprint density at radius 1 is 1.37 bits per heavy atom. The highest BCUT2D eigenvalue weighted by molar-refractivity contribution is 7.20. The lowest BCUT2D eigenvalue weighted by atomic mass is 10.2. The molecule has 1 aromatic carbocycles. The summed E-state index contributed by atoms with van der Waals surface area (Å²) in [4.78, 5) is 22.4. The molecule has 0 radical (unpaired) electrons. The van der Waals surface area contributed by atoms with Crippen LogP contribution >= 0.6 is 11.3 Å². The van der Waals surface area contributed by atoms with E-state index in [1.807, 2.05) is 11.6 Å². The fourth-order valence-electron chi connectivity index (χ4n) is 2.18. The minimum Gasteiger partial charge on any atom is -0.477 e. The molecule has 19 heavy (non-hydrogen) atoms. The summed E-state index contributed by atoms with van der Waals surface area (Å²) in [5, 5.41) is 21.3. The van der Waals surface area contributed by atoms with Crippen LogP contribution < -0.4 is 0 Å². The van der Waals surface area contributed by atoms with Crippen LogP contribution in [0.3, 0.4) is 0 Å². The minimum absolute atomic E-state index is 0.00285. The number of aromatic carboxylic acids is 1. The lowest BCUT2D eigenvalue weighted by Gasteiger charge is -1.97. The number of nitro benzene ring substituents is 1. The van der Waals surface area contributed by atoms with Gasteiger partial charge in [0.05, 0.1) is 4.92 Å². The first-order chi connectivity index (χ1) is 8.99. The van der Waals surface area contributed by atoms with E-state index in [-0.39, 0.29) is 10.6 Å². The van der Waals surface area contributed by atoms with Crippen molar-refractivity contribution in [2.45, 2.75) is 0 Å². The summed E-state index contributed by atoms with van der Waals surface area (Å²) in [7, 11) is 1.82. The number of aromatic nitrogens is 1. The van der Waals surface area contributed by atoms with Crippen LogP contribution in [0.4, 0.5) is 5.69 Å². The van der Waals surface area contributed by atoms with Crippen molar-refractivity contribution < 1.29 is 14.8 Å². The van der Waals surface area contributed by atoms with Gasteiger partial charge in [-0.05, 0) is 12.1 Å². The Kier molecular flexibility index (Phi) is 2.33. The molecule has 0 fully saturated rings. The van der Waals surface area contributed by atoms with E-state index in [9.17, 15) is 14.9 Å². The van der Waals surface area contributed by atoms with Gasteiger partial charge in [-0.2, -0.15) is 0 Å². The summed E-state index contributed by atoms with van der Waals surface area (Å²) in [6.07, 6.45) is 0. The molecule has 0 amide bonds. The van der Waals surface area contributed by atoms with Gasteiger partial charge in [0.2, 0.25) is 0 Å². The smallest absolute Gasteiger partial charge is 0.345 e. The second-order valence-corrected chi connectivity index (χ2v) is 5.18. The van der Waals surface area contributed by atoms with Crippen LogP contribution in [0.15, 0.2) is 24.3 Å². The van der Waals surface area contributed by atoms with Crippen molar-refractivity contribution in [2.24, 2.45) is 7.05 Å². The number of thiophene rings is 1. The van der Waals surface area contributed by atoms with Gasteiger partial charge in [-0.1, -0.05) is 0 Å². The monoisotopic (exact) mass is 276 g/mol. The van der Waals surface area contributed by atoms with Crippen molar-refractivity contribution in [1.82, 2.24) is 4.57 Å². The number of nitro groups is 1. The van der Waals surface area contributed by atoms with Crippen LogP contribution in [-0.4, -0.2) is 20.6 Å². The molecule has 2 heterocycles. The molecule has 7 heteroatoms. The van der Waals surface area contributed by atoms with Gasteiger partial charge in [-0.3, -0.25) is 10.1 Å². The lowest BCUT2D eigenvalue weighted by Crippen LogP contribution is -1.91. The van der Waals surface area contributed by atoms with Crippen LogP contribution in [0, 0.1) is 10.1 Å². The molecule has 0 saturated heterocycles. The SMILES string of the molecule is Cn1c2ccc([N+](=O)[O-])cc2c2cc(C(=O)O)sc21. The average molecular weight is 276 g/mol. The molecule has 0 aliphatic rings. The van der Waals surface area contributed by atoms with Crippen LogP contribution in [0.1, 0.15) is 9.67 Å². The van der Waals surface area contributed by atoms with Gasteiger partial charge in [0.25, 0.3) is 5.69 Å². The topological polar surface area (TPSA) is 85.4 Å². The molecule has 0 bridgehead atoms. The van der Waals surface area contributed by atoms with Gasteiger partial charge in [0.1, 0.15) is 9.71 Å². The number of fused-ring (bicyclic) bond motifs is 3. The molecular weight excluding hydrogens is 268 g/mol. The molecule has 0 unspecified atom stereocenters. The molecule has 96 valence electrons. The maximum Gasteiger partial charge on any atom is 0.345 e. The zero-order valence-corrected chi connectivity index (χ0v) is 10.6. The van der Waals surface area contributed by atoms with E-state index in [0.717, 1.165) is 15.7 Å². The zero-order chi connectivity index (χ0) is 13.7. The van der Waals surface area contributed by atoms with Crippen LogP contribution in [0.25, 0.3) is 21.1 Å². The number of carbonyl (C=O) groups is 1. The number of hydrogen-bond donors (Lipinski definition) is 1. The van der Waals surface area contributed by atoms with Gasteiger partial charge in [-0.25, -0.2) is 4.79 Å². The van der Waals surface area contributed by atoms with Gasteiger partial charge in [-0.15, -0.1) is 11.3 Å². The Morgan fingerprint density at radius 2 is 2.11 bits per heavy atom. The quantitative estimate of drug-likeness (QED) is 0.576. The first-order valence-corrected chi connectivity index (χ1v) is 6.20. The van der Waals surface area contributed by atoms with Crippen molar-refractivity contribution in [3.63, 3.8) is 0 Å². The molecule has 0 aliphatic heterocycles. The highest BCUT2D eigenvalue weighted by Crippen LogP contribution is 2.36. The molecule has 2 aromatic heterocycles. The number of nitrogens with zero attached hydrogens (tertiary/aromatic N) is 2. The van der Waals surface area contributed by atoms with Crippen molar-refractivity contribution in [3.8, 4) is 0 Å². The van der Waals surface area contributed by atoms with E-state index in [4.69, 9.17) is 5.11 Å². The third-order valence-corrected chi connectivity index (χ3v) is 4.27. The van der Waals surface area contributed by atoms with Crippen molar-refractivity contribution in [1.29, 1.82) is 0 Å². The van der Waals surface area contributed by atoms with Crippen LogP contribution in [-0.2, 0) is 7.05 Å². The molecule has 0 aliphatic carbocycles. The maximum atomic E-state index is 11.0. The Labute approximate surface area is 110 Å². The van der Waals surface area contributed by atoms with Crippen molar-refractivity contribution >= 4 is 44.1 Å².